The van der Waals surface area contributed by atoms with Crippen LogP contribution >= 0.6 is 0 Å². The van der Waals surface area contributed by atoms with Crippen LogP contribution in [0.2, 0.25) is 0 Å². The van der Waals surface area contributed by atoms with E-state index in [4.69, 9.17) is 0 Å². The van der Waals surface area contributed by atoms with E-state index >= 15 is 0 Å². The number of hydrogen-bond donors (Lipinski definition) is 2. The summed E-state index contributed by atoms with van der Waals surface area (Å²) in [4.78, 5) is 26.1. The maximum Gasteiger partial charge on any atom is 0.416 e. The molecular formula is C21H22F3N3O2. The second-order valence-electron chi connectivity index (χ2n) is 6.97. The zero-order valence-corrected chi connectivity index (χ0v) is 15.7. The minimum Gasteiger partial charge on any atom is -0.334 e. The highest BCUT2D eigenvalue weighted by molar-refractivity contribution is 5.84. The lowest BCUT2D eigenvalue weighted by Gasteiger charge is -2.23. The molecule has 0 unspecified atom stereocenters. The number of benzene rings is 2. The molecule has 0 heterocycles. The Balaban J connectivity index is 1.50. The molecule has 0 saturated heterocycles. The minimum absolute atomic E-state index is 0.0685. The highest BCUT2D eigenvalue weighted by atomic mass is 19.4. The lowest BCUT2D eigenvalue weighted by Crippen LogP contribution is -2.44. The van der Waals surface area contributed by atoms with Crippen molar-refractivity contribution in [1.82, 2.24) is 15.5 Å². The van der Waals surface area contributed by atoms with E-state index in [0.717, 1.165) is 30.5 Å². The van der Waals surface area contributed by atoms with Crippen LogP contribution in [-0.2, 0) is 24.1 Å². The second kappa shape index (κ2) is 8.98. The molecule has 1 aliphatic rings. The third-order valence-electron chi connectivity index (χ3n) is 4.64. The van der Waals surface area contributed by atoms with Gasteiger partial charge in [-0.15, -0.1) is 0 Å². The van der Waals surface area contributed by atoms with Crippen molar-refractivity contribution in [3.05, 3.63) is 71.3 Å². The fraction of sp³-hybridized carbons (Fsp3) is 0.333. The Hall–Kier alpha value is -3.03. The van der Waals surface area contributed by atoms with Crippen LogP contribution in [0, 0.1) is 0 Å². The van der Waals surface area contributed by atoms with Gasteiger partial charge >= 0.3 is 12.2 Å². The molecule has 1 saturated carbocycles. The number of nitrogens with one attached hydrogen (secondary N) is 2. The van der Waals surface area contributed by atoms with Crippen molar-refractivity contribution in [3.8, 4) is 0 Å². The standard InChI is InChI=1S/C21H22F3N3O2/c22-21(23,24)17-8-6-16(7-9-17)14-27(18-10-11-18)19(28)13-26-20(29)25-12-15-4-2-1-3-5-15/h1-9,18H,10-14H2,(H2,25,26,29). The minimum atomic E-state index is -4.39. The summed E-state index contributed by atoms with van der Waals surface area (Å²) >= 11 is 0. The van der Waals surface area contributed by atoms with Gasteiger partial charge in [-0.2, -0.15) is 13.2 Å². The van der Waals surface area contributed by atoms with Crippen LogP contribution in [0.5, 0.6) is 0 Å². The molecule has 0 aliphatic heterocycles. The zero-order chi connectivity index (χ0) is 20.9. The van der Waals surface area contributed by atoms with Gasteiger partial charge in [0, 0.05) is 19.1 Å². The zero-order valence-electron chi connectivity index (χ0n) is 15.7. The monoisotopic (exact) mass is 405 g/mol. The molecule has 3 rings (SSSR count). The number of urea groups is 1. The van der Waals surface area contributed by atoms with E-state index in [1.807, 2.05) is 30.3 Å². The molecule has 0 atom stereocenters. The first-order valence-electron chi connectivity index (χ1n) is 9.34. The summed E-state index contributed by atoms with van der Waals surface area (Å²) in [6, 6.07) is 13.8. The maximum atomic E-state index is 12.7. The lowest BCUT2D eigenvalue weighted by atomic mass is 10.1. The topological polar surface area (TPSA) is 61.4 Å². The number of hydrogen-bond acceptors (Lipinski definition) is 2. The second-order valence-corrected chi connectivity index (χ2v) is 6.97. The van der Waals surface area contributed by atoms with E-state index in [1.54, 1.807) is 4.90 Å². The van der Waals surface area contributed by atoms with Crippen molar-refractivity contribution >= 4 is 11.9 Å². The van der Waals surface area contributed by atoms with E-state index in [0.29, 0.717) is 12.1 Å². The Kier molecular flexibility index (Phi) is 6.41. The molecule has 3 amide bonds. The first-order chi connectivity index (χ1) is 13.8. The molecule has 0 spiro atoms. The van der Waals surface area contributed by atoms with E-state index in [1.165, 1.54) is 12.1 Å². The number of nitrogens with zero attached hydrogens (tertiary/aromatic N) is 1. The predicted octanol–water partition coefficient (Wildman–Crippen LogP) is 3.70. The summed E-state index contributed by atoms with van der Waals surface area (Å²) in [6.07, 6.45) is -2.68. The number of carbonyl (C=O) groups excluding carboxylic acids is 2. The van der Waals surface area contributed by atoms with E-state index in [-0.39, 0.29) is 25.0 Å². The lowest BCUT2D eigenvalue weighted by molar-refractivity contribution is -0.137. The van der Waals surface area contributed by atoms with Crippen molar-refractivity contribution in [3.63, 3.8) is 0 Å². The van der Waals surface area contributed by atoms with Crippen LogP contribution in [-0.4, -0.2) is 29.4 Å². The van der Waals surface area contributed by atoms with Gasteiger partial charge in [0.2, 0.25) is 5.91 Å². The van der Waals surface area contributed by atoms with Crippen LogP contribution in [0.4, 0.5) is 18.0 Å². The van der Waals surface area contributed by atoms with Gasteiger partial charge in [0.05, 0.1) is 12.1 Å². The van der Waals surface area contributed by atoms with Crippen LogP contribution in [0.15, 0.2) is 54.6 Å². The Bertz CT molecular complexity index is 834. The average molecular weight is 405 g/mol. The van der Waals surface area contributed by atoms with Crippen molar-refractivity contribution < 1.29 is 22.8 Å². The number of amides is 3. The molecular weight excluding hydrogens is 383 g/mol. The van der Waals surface area contributed by atoms with Crippen LogP contribution in [0.3, 0.4) is 0 Å². The molecule has 2 N–H and O–H groups in total. The Morgan fingerprint density at radius 3 is 2.17 bits per heavy atom. The third kappa shape index (κ3) is 6.23. The van der Waals surface area contributed by atoms with Gasteiger partial charge in [-0.1, -0.05) is 42.5 Å². The first-order valence-corrected chi connectivity index (χ1v) is 9.34. The fourth-order valence-corrected chi connectivity index (χ4v) is 2.90. The maximum absolute atomic E-state index is 12.7. The van der Waals surface area contributed by atoms with Gasteiger partial charge in [0.1, 0.15) is 0 Å². The molecule has 0 bridgehead atoms. The van der Waals surface area contributed by atoms with Crippen molar-refractivity contribution in [2.75, 3.05) is 6.54 Å². The molecule has 2 aromatic rings. The summed E-state index contributed by atoms with van der Waals surface area (Å²) in [7, 11) is 0. The smallest absolute Gasteiger partial charge is 0.334 e. The predicted molar refractivity (Wildman–Crippen MR) is 102 cm³/mol. The van der Waals surface area contributed by atoms with E-state index in [2.05, 4.69) is 10.6 Å². The van der Waals surface area contributed by atoms with Gasteiger partial charge in [-0.05, 0) is 36.1 Å². The molecule has 0 radical (unpaired) electrons. The summed E-state index contributed by atoms with van der Waals surface area (Å²) in [5.74, 6) is -0.262. The SMILES string of the molecule is O=C(NCC(=O)N(Cc1ccc(C(F)(F)F)cc1)C1CC1)NCc1ccccc1. The van der Waals surface area contributed by atoms with Gasteiger partial charge in [0.25, 0.3) is 0 Å². The number of halogens is 3. The molecule has 1 aliphatic carbocycles. The molecule has 1 fully saturated rings. The summed E-state index contributed by atoms with van der Waals surface area (Å²) in [5.41, 5.74) is 0.838. The Morgan fingerprint density at radius 2 is 1.59 bits per heavy atom. The number of alkyl halides is 3. The van der Waals surface area contributed by atoms with Crippen molar-refractivity contribution in [2.24, 2.45) is 0 Å². The van der Waals surface area contributed by atoms with Gasteiger partial charge < -0.3 is 15.5 Å². The van der Waals surface area contributed by atoms with Crippen molar-refractivity contribution in [1.29, 1.82) is 0 Å². The van der Waals surface area contributed by atoms with Crippen LogP contribution < -0.4 is 10.6 Å². The number of carbonyl (C=O) groups is 2. The van der Waals surface area contributed by atoms with E-state index in [9.17, 15) is 22.8 Å². The quantitative estimate of drug-likeness (QED) is 0.738. The first kappa shape index (κ1) is 20.7. The highest BCUT2D eigenvalue weighted by Gasteiger charge is 2.33. The molecule has 5 nitrogen and oxygen atoms in total. The summed E-state index contributed by atoms with van der Waals surface area (Å²) in [6.45, 7) is 0.394. The third-order valence-corrected chi connectivity index (χ3v) is 4.64. The molecule has 0 aromatic heterocycles. The average Bonchev–Trinajstić information content (AvgIpc) is 3.54. The Labute approximate surface area is 166 Å². The Morgan fingerprint density at radius 1 is 0.931 bits per heavy atom. The van der Waals surface area contributed by atoms with E-state index < -0.39 is 17.8 Å². The molecule has 154 valence electrons. The molecule has 29 heavy (non-hydrogen) atoms. The van der Waals surface area contributed by atoms with Gasteiger partial charge in [-0.3, -0.25) is 4.79 Å². The fourth-order valence-electron chi connectivity index (χ4n) is 2.90. The summed E-state index contributed by atoms with van der Waals surface area (Å²) < 4.78 is 38.1. The molecule has 2 aromatic carbocycles. The van der Waals surface area contributed by atoms with Crippen molar-refractivity contribution in [2.45, 2.75) is 38.1 Å². The number of rotatable bonds is 7. The highest BCUT2D eigenvalue weighted by Crippen LogP contribution is 2.31. The van der Waals surface area contributed by atoms with Gasteiger partial charge in [0.15, 0.2) is 0 Å². The van der Waals surface area contributed by atoms with Gasteiger partial charge in [-0.25, -0.2) is 4.79 Å². The largest absolute Gasteiger partial charge is 0.416 e. The van der Waals surface area contributed by atoms with Crippen LogP contribution in [0.25, 0.3) is 0 Å². The molecule has 8 heteroatoms. The normalized spacial score (nSPS) is 13.6. The van der Waals surface area contributed by atoms with Crippen LogP contribution in [0.1, 0.15) is 29.5 Å². The summed E-state index contributed by atoms with van der Waals surface area (Å²) in [5, 5.41) is 5.22.